The maximum atomic E-state index is 5.69. The fourth-order valence-electron chi connectivity index (χ4n) is 2.08. The third kappa shape index (κ3) is 2.93. The van der Waals surface area contributed by atoms with E-state index in [-0.39, 0.29) is 11.6 Å². The lowest BCUT2D eigenvalue weighted by Gasteiger charge is -2.35. The molecule has 2 unspecified atom stereocenters. The maximum Gasteiger partial charge on any atom is 0.0817 e. The number of halogens is 1. The molecule has 0 bridgehead atoms. The molecule has 1 rings (SSSR count). The number of aryl methyl sites for hydroxylation is 2. The maximum absolute atomic E-state index is 5.69. The van der Waals surface area contributed by atoms with Gasteiger partial charge >= 0.3 is 0 Å². The van der Waals surface area contributed by atoms with Gasteiger partial charge in [-0.1, -0.05) is 6.92 Å². The molecule has 0 saturated carbocycles. The summed E-state index contributed by atoms with van der Waals surface area (Å²) in [5.41, 5.74) is 4.67. The summed E-state index contributed by atoms with van der Waals surface area (Å²) in [6, 6.07) is 0.0265. The van der Waals surface area contributed by atoms with E-state index in [1.54, 1.807) is 7.11 Å². The van der Waals surface area contributed by atoms with Crippen LogP contribution in [0.15, 0.2) is 4.47 Å². The predicted octanol–water partition coefficient (Wildman–Crippen LogP) is 1.68. The van der Waals surface area contributed by atoms with E-state index in [2.05, 4.69) is 40.3 Å². The van der Waals surface area contributed by atoms with Gasteiger partial charge in [0.15, 0.2) is 0 Å². The summed E-state index contributed by atoms with van der Waals surface area (Å²) in [6.07, 6.45) is 1.64. The highest BCUT2D eigenvalue weighted by atomic mass is 79.9. The zero-order chi connectivity index (χ0) is 13.9. The number of methoxy groups -OCH3 is 1. The van der Waals surface area contributed by atoms with E-state index in [0.29, 0.717) is 0 Å². The average Bonchev–Trinajstić information content (AvgIpc) is 2.60. The molecule has 18 heavy (non-hydrogen) atoms. The van der Waals surface area contributed by atoms with Crippen molar-refractivity contribution >= 4 is 15.9 Å². The molecule has 1 aromatic rings. The van der Waals surface area contributed by atoms with Crippen LogP contribution in [0.4, 0.5) is 0 Å². The van der Waals surface area contributed by atoms with E-state index < -0.39 is 0 Å². The Morgan fingerprint density at radius 3 is 2.56 bits per heavy atom. The molecule has 0 fully saturated rings. The third-order valence-electron chi connectivity index (χ3n) is 3.77. The van der Waals surface area contributed by atoms with Gasteiger partial charge in [-0.2, -0.15) is 5.10 Å². The van der Waals surface area contributed by atoms with Crippen LogP contribution in [0.3, 0.4) is 0 Å². The molecule has 0 saturated heterocycles. The summed E-state index contributed by atoms with van der Waals surface area (Å²) < 4.78 is 8.54. The van der Waals surface area contributed by atoms with E-state index in [1.165, 1.54) is 0 Å². The van der Waals surface area contributed by atoms with Crippen molar-refractivity contribution in [2.24, 2.45) is 12.9 Å². The van der Waals surface area contributed by atoms with Crippen LogP contribution in [0.25, 0.3) is 0 Å². The van der Waals surface area contributed by atoms with Crippen molar-refractivity contribution in [1.82, 2.24) is 15.2 Å². The van der Waals surface area contributed by atoms with Crippen LogP contribution in [0, 0.1) is 6.92 Å². The van der Waals surface area contributed by atoms with Crippen molar-refractivity contribution < 1.29 is 4.74 Å². The van der Waals surface area contributed by atoms with Crippen LogP contribution in [0.2, 0.25) is 0 Å². The lowest BCUT2D eigenvalue weighted by atomic mass is 9.90. The molecular weight excluding hydrogens is 296 g/mol. The normalized spacial score (nSPS) is 16.6. The fraction of sp³-hybridized carbons (Fsp3) is 0.750. The first-order valence-electron chi connectivity index (χ1n) is 6.08. The van der Waals surface area contributed by atoms with Gasteiger partial charge in [0.25, 0.3) is 0 Å². The second kappa shape index (κ2) is 6.14. The molecule has 1 aromatic heterocycles. The van der Waals surface area contributed by atoms with Gasteiger partial charge in [0.2, 0.25) is 0 Å². The highest BCUT2D eigenvalue weighted by Crippen LogP contribution is 2.26. The van der Waals surface area contributed by atoms with Crippen molar-refractivity contribution in [1.29, 1.82) is 0 Å². The Bertz CT molecular complexity index is 401. The molecule has 0 spiro atoms. The summed E-state index contributed by atoms with van der Waals surface area (Å²) in [5.74, 6) is 5.69. The summed E-state index contributed by atoms with van der Waals surface area (Å²) in [4.78, 5) is 0. The molecule has 0 radical (unpaired) electrons. The number of nitrogens with two attached hydrogens (primary N) is 1. The average molecular weight is 319 g/mol. The minimum atomic E-state index is -0.299. The second-order valence-electron chi connectivity index (χ2n) is 4.76. The number of ether oxygens (including phenoxy) is 1. The summed E-state index contributed by atoms with van der Waals surface area (Å²) in [6.45, 7) is 6.14. The van der Waals surface area contributed by atoms with E-state index in [4.69, 9.17) is 10.6 Å². The van der Waals surface area contributed by atoms with Crippen LogP contribution >= 0.6 is 15.9 Å². The van der Waals surface area contributed by atoms with E-state index in [9.17, 15) is 0 Å². The number of hydrogen-bond acceptors (Lipinski definition) is 4. The van der Waals surface area contributed by atoms with E-state index >= 15 is 0 Å². The van der Waals surface area contributed by atoms with Crippen LogP contribution < -0.4 is 11.3 Å². The Kier molecular flexibility index (Phi) is 5.33. The Morgan fingerprint density at radius 2 is 2.22 bits per heavy atom. The molecule has 1 heterocycles. The van der Waals surface area contributed by atoms with Gasteiger partial charge in [0, 0.05) is 20.6 Å². The number of nitrogens with zero attached hydrogens (tertiary/aromatic N) is 2. The molecule has 5 nitrogen and oxygen atoms in total. The Balaban J connectivity index is 2.99. The molecular formula is C12H23BrN4O. The van der Waals surface area contributed by atoms with Crippen molar-refractivity contribution in [3.63, 3.8) is 0 Å². The number of nitrogens with one attached hydrogen (secondary N) is 1. The van der Waals surface area contributed by atoms with Gasteiger partial charge in [-0.25, -0.2) is 0 Å². The first-order chi connectivity index (χ1) is 8.39. The standard InChI is InChI=1S/C12H23BrN4O/c1-6-12(3,18-5)10(15-14)7-9-11(13)8(2)16-17(9)4/h10,15H,6-7,14H2,1-5H3. The summed E-state index contributed by atoms with van der Waals surface area (Å²) in [7, 11) is 3.66. The summed E-state index contributed by atoms with van der Waals surface area (Å²) >= 11 is 3.58. The minimum Gasteiger partial charge on any atom is -0.377 e. The predicted molar refractivity (Wildman–Crippen MR) is 76.2 cm³/mol. The van der Waals surface area contributed by atoms with Gasteiger partial charge < -0.3 is 4.74 Å². The topological polar surface area (TPSA) is 65.1 Å². The van der Waals surface area contributed by atoms with Gasteiger partial charge in [0.1, 0.15) is 0 Å². The highest BCUT2D eigenvalue weighted by molar-refractivity contribution is 9.10. The molecule has 2 atom stereocenters. The number of aromatic nitrogens is 2. The molecule has 0 aromatic carbocycles. The van der Waals surface area contributed by atoms with Gasteiger partial charge in [-0.05, 0) is 36.2 Å². The molecule has 0 amide bonds. The molecule has 0 aliphatic heterocycles. The zero-order valence-corrected chi connectivity index (χ0v) is 13.3. The Morgan fingerprint density at radius 1 is 1.61 bits per heavy atom. The molecule has 0 aliphatic carbocycles. The first kappa shape index (κ1) is 15.6. The minimum absolute atomic E-state index is 0.0265. The molecule has 6 heteroatoms. The molecule has 3 N–H and O–H groups in total. The Hall–Kier alpha value is -0.430. The monoisotopic (exact) mass is 318 g/mol. The van der Waals surface area contributed by atoms with Gasteiger partial charge in [0.05, 0.1) is 27.5 Å². The second-order valence-corrected chi connectivity index (χ2v) is 5.56. The van der Waals surface area contributed by atoms with Crippen molar-refractivity contribution in [3.8, 4) is 0 Å². The first-order valence-corrected chi connectivity index (χ1v) is 6.88. The zero-order valence-electron chi connectivity index (χ0n) is 11.7. The lowest BCUT2D eigenvalue weighted by molar-refractivity contribution is -0.0292. The molecule has 104 valence electrons. The van der Waals surface area contributed by atoms with Crippen LogP contribution in [-0.4, -0.2) is 28.5 Å². The van der Waals surface area contributed by atoms with E-state index in [0.717, 1.165) is 28.7 Å². The number of hydrazine groups is 1. The third-order valence-corrected chi connectivity index (χ3v) is 4.80. The SMILES string of the molecule is CCC(C)(OC)C(Cc1c(Br)c(C)nn1C)NN. The smallest absolute Gasteiger partial charge is 0.0817 e. The van der Waals surface area contributed by atoms with Crippen molar-refractivity contribution in [3.05, 3.63) is 15.9 Å². The van der Waals surface area contributed by atoms with Gasteiger partial charge in [-0.15, -0.1) is 0 Å². The largest absolute Gasteiger partial charge is 0.377 e. The van der Waals surface area contributed by atoms with Crippen molar-refractivity contribution in [2.75, 3.05) is 7.11 Å². The van der Waals surface area contributed by atoms with E-state index in [1.807, 2.05) is 18.7 Å². The quantitative estimate of drug-likeness (QED) is 0.618. The van der Waals surface area contributed by atoms with Crippen LogP contribution in [-0.2, 0) is 18.2 Å². The van der Waals surface area contributed by atoms with Crippen LogP contribution in [0.5, 0.6) is 0 Å². The lowest BCUT2D eigenvalue weighted by Crippen LogP contribution is -2.53. The summed E-state index contributed by atoms with van der Waals surface area (Å²) in [5, 5.41) is 4.39. The molecule has 0 aliphatic rings. The fourth-order valence-corrected chi connectivity index (χ4v) is 2.58. The Labute approximate surface area is 117 Å². The highest BCUT2D eigenvalue weighted by Gasteiger charge is 2.33. The van der Waals surface area contributed by atoms with Crippen LogP contribution in [0.1, 0.15) is 31.7 Å². The number of hydrogen-bond donors (Lipinski definition) is 2. The van der Waals surface area contributed by atoms with Crippen molar-refractivity contribution in [2.45, 2.75) is 45.3 Å². The number of rotatable bonds is 6. The van der Waals surface area contributed by atoms with Gasteiger partial charge in [-0.3, -0.25) is 16.0 Å².